The summed E-state index contributed by atoms with van der Waals surface area (Å²) < 4.78 is 46.7. The van der Waals surface area contributed by atoms with Crippen molar-refractivity contribution in [2.75, 3.05) is 0 Å². The van der Waals surface area contributed by atoms with Crippen molar-refractivity contribution in [3.05, 3.63) is 99.0 Å². The van der Waals surface area contributed by atoms with Crippen LogP contribution >= 0.6 is 0 Å². The SMILES string of the molecule is Cc1ccc2cc([C@H]3CC[C@H](c4c(C)cccc4F)CC3)c(=O)n(Cc3ncccc3OC(F)F)c2n1. The average Bonchev–Trinajstić information content (AvgIpc) is 2.87. The zero-order valence-corrected chi connectivity index (χ0v) is 20.8. The van der Waals surface area contributed by atoms with Crippen molar-refractivity contribution in [3.63, 3.8) is 0 Å². The topological polar surface area (TPSA) is 57.0 Å². The Morgan fingerprint density at radius 3 is 2.51 bits per heavy atom. The highest BCUT2D eigenvalue weighted by atomic mass is 19.3. The molecule has 3 aromatic heterocycles. The Labute approximate surface area is 213 Å². The number of halogens is 3. The molecule has 1 saturated carbocycles. The summed E-state index contributed by atoms with van der Waals surface area (Å²) in [6.07, 6.45) is 4.55. The minimum atomic E-state index is -3.00. The molecule has 0 amide bonds. The first-order valence-electron chi connectivity index (χ1n) is 12.5. The predicted octanol–water partition coefficient (Wildman–Crippen LogP) is 6.64. The van der Waals surface area contributed by atoms with Crippen LogP contribution in [0.15, 0.2) is 59.5 Å². The van der Waals surface area contributed by atoms with Crippen molar-refractivity contribution in [1.29, 1.82) is 0 Å². The molecule has 8 heteroatoms. The predicted molar refractivity (Wildman–Crippen MR) is 136 cm³/mol. The highest BCUT2D eigenvalue weighted by Crippen LogP contribution is 2.41. The van der Waals surface area contributed by atoms with Crippen LogP contribution in [0.25, 0.3) is 11.0 Å². The van der Waals surface area contributed by atoms with Crippen LogP contribution in [0.4, 0.5) is 13.2 Å². The molecule has 5 rings (SSSR count). The number of aromatic nitrogens is 3. The Morgan fingerprint density at radius 1 is 1.03 bits per heavy atom. The number of fused-ring (bicyclic) bond motifs is 1. The maximum atomic E-state index is 14.6. The smallest absolute Gasteiger partial charge is 0.387 e. The summed E-state index contributed by atoms with van der Waals surface area (Å²) in [6.45, 7) is 0.717. The third-order valence-electron chi connectivity index (χ3n) is 7.32. The lowest BCUT2D eigenvalue weighted by molar-refractivity contribution is -0.0507. The van der Waals surface area contributed by atoms with Crippen LogP contribution in [0.2, 0.25) is 0 Å². The molecule has 1 aliphatic rings. The zero-order valence-electron chi connectivity index (χ0n) is 20.8. The van der Waals surface area contributed by atoms with Gasteiger partial charge in [0.2, 0.25) is 0 Å². The fourth-order valence-electron chi connectivity index (χ4n) is 5.55. The van der Waals surface area contributed by atoms with E-state index in [1.54, 1.807) is 6.07 Å². The van der Waals surface area contributed by atoms with E-state index in [9.17, 15) is 18.0 Å². The highest BCUT2D eigenvalue weighted by molar-refractivity contribution is 5.76. The van der Waals surface area contributed by atoms with Gasteiger partial charge in [-0.15, -0.1) is 0 Å². The first kappa shape index (κ1) is 25.0. The lowest BCUT2D eigenvalue weighted by Gasteiger charge is -2.30. The zero-order chi connectivity index (χ0) is 26.1. The third kappa shape index (κ3) is 5.10. The Kier molecular flexibility index (Phi) is 7.00. The second-order valence-electron chi connectivity index (χ2n) is 9.70. The van der Waals surface area contributed by atoms with Crippen molar-refractivity contribution < 1.29 is 17.9 Å². The number of alkyl halides is 2. The summed E-state index contributed by atoms with van der Waals surface area (Å²) in [5.74, 6) is -0.119. The van der Waals surface area contributed by atoms with Gasteiger partial charge >= 0.3 is 6.61 Å². The molecule has 0 aliphatic heterocycles. The quantitative estimate of drug-likeness (QED) is 0.294. The van der Waals surface area contributed by atoms with E-state index in [1.165, 1.54) is 29.0 Å². The largest absolute Gasteiger partial charge is 0.433 e. The van der Waals surface area contributed by atoms with Crippen LogP contribution in [0.3, 0.4) is 0 Å². The standard InChI is InChI=1S/C29H28F3N3O2/c1-17-5-3-6-23(30)26(17)20-12-10-19(11-13-20)22-15-21-9-8-18(2)34-27(21)35(28(22)36)16-24-25(37-29(31)32)7-4-14-33-24/h3-9,14-15,19-20,29H,10-13,16H2,1-2H3/t19-,20-. The van der Waals surface area contributed by atoms with E-state index in [1.807, 2.05) is 38.1 Å². The van der Waals surface area contributed by atoms with Gasteiger partial charge in [-0.3, -0.25) is 14.3 Å². The van der Waals surface area contributed by atoms with Crippen LogP contribution in [0.5, 0.6) is 5.75 Å². The minimum absolute atomic E-state index is 0.00768. The molecule has 0 radical (unpaired) electrons. The van der Waals surface area contributed by atoms with Gasteiger partial charge in [0.15, 0.2) is 0 Å². The molecule has 0 N–H and O–H groups in total. The summed E-state index contributed by atoms with van der Waals surface area (Å²) in [5.41, 5.74) is 3.61. The van der Waals surface area contributed by atoms with Gasteiger partial charge < -0.3 is 4.74 Å². The van der Waals surface area contributed by atoms with Gasteiger partial charge in [-0.05, 0) is 98.9 Å². The van der Waals surface area contributed by atoms with Crippen molar-refractivity contribution in [1.82, 2.24) is 14.5 Å². The van der Waals surface area contributed by atoms with Gasteiger partial charge in [0.1, 0.15) is 22.9 Å². The van der Waals surface area contributed by atoms with E-state index in [4.69, 9.17) is 0 Å². The molecular weight excluding hydrogens is 479 g/mol. The third-order valence-corrected chi connectivity index (χ3v) is 7.32. The minimum Gasteiger partial charge on any atom is -0.433 e. The maximum absolute atomic E-state index is 14.6. The van der Waals surface area contributed by atoms with E-state index in [0.29, 0.717) is 11.2 Å². The molecule has 0 spiro atoms. The van der Waals surface area contributed by atoms with Crippen LogP contribution in [0.1, 0.15) is 65.6 Å². The molecular formula is C29H28F3N3O2. The van der Waals surface area contributed by atoms with Crippen molar-refractivity contribution in [2.24, 2.45) is 0 Å². The average molecular weight is 508 g/mol. The van der Waals surface area contributed by atoms with E-state index in [2.05, 4.69) is 14.7 Å². The van der Waals surface area contributed by atoms with E-state index >= 15 is 0 Å². The summed E-state index contributed by atoms with van der Waals surface area (Å²) in [5, 5.41) is 0.791. The van der Waals surface area contributed by atoms with Crippen molar-refractivity contribution in [2.45, 2.75) is 64.5 Å². The summed E-state index contributed by atoms with van der Waals surface area (Å²) in [4.78, 5) is 22.6. The van der Waals surface area contributed by atoms with Crippen LogP contribution in [-0.4, -0.2) is 21.1 Å². The molecule has 4 aromatic rings. The van der Waals surface area contributed by atoms with Crippen LogP contribution in [-0.2, 0) is 6.54 Å². The number of hydrogen-bond acceptors (Lipinski definition) is 4. The van der Waals surface area contributed by atoms with Gasteiger partial charge in [-0.1, -0.05) is 12.1 Å². The van der Waals surface area contributed by atoms with Crippen LogP contribution < -0.4 is 10.3 Å². The number of nitrogens with zero attached hydrogens (tertiary/aromatic N) is 3. The molecule has 1 fully saturated rings. The first-order valence-corrected chi connectivity index (χ1v) is 12.5. The van der Waals surface area contributed by atoms with Gasteiger partial charge in [0.25, 0.3) is 5.56 Å². The van der Waals surface area contributed by atoms with E-state index in [-0.39, 0.29) is 41.2 Å². The Bertz CT molecular complexity index is 1470. The van der Waals surface area contributed by atoms with Gasteiger partial charge in [0, 0.05) is 22.8 Å². The maximum Gasteiger partial charge on any atom is 0.387 e. The van der Waals surface area contributed by atoms with Crippen LogP contribution in [0, 0.1) is 19.7 Å². The van der Waals surface area contributed by atoms with E-state index < -0.39 is 6.61 Å². The van der Waals surface area contributed by atoms with Crippen molar-refractivity contribution >= 4 is 11.0 Å². The van der Waals surface area contributed by atoms with Crippen molar-refractivity contribution in [3.8, 4) is 5.75 Å². The molecule has 1 aliphatic carbocycles. The molecule has 0 saturated heterocycles. The Morgan fingerprint density at radius 2 is 1.78 bits per heavy atom. The highest BCUT2D eigenvalue weighted by Gasteiger charge is 2.29. The number of hydrogen-bond donors (Lipinski definition) is 0. The Balaban J connectivity index is 1.51. The monoisotopic (exact) mass is 507 g/mol. The molecule has 1 aromatic carbocycles. The fourth-order valence-corrected chi connectivity index (χ4v) is 5.55. The lowest BCUT2D eigenvalue weighted by atomic mass is 9.75. The molecule has 37 heavy (non-hydrogen) atoms. The molecule has 5 nitrogen and oxygen atoms in total. The number of ether oxygens (including phenoxy) is 1. The summed E-state index contributed by atoms with van der Waals surface area (Å²) in [6, 6.07) is 13.8. The molecule has 192 valence electrons. The first-order chi connectivity index (χ1) is 17.8. The fraction of sp³-hybridized carbons (Fsp3) is 0.345. The number of aryl methyl sites for hydroxylation is 2. The lowest BCUT2D eigenvalue weighted by Crippen LogP contribution is -2.29. The normalized spacial score (nSPS) is 17.9. The summed E-state index contributed by atoms with van der Waals surface area (Å²) >= 11 is 0. The molecule has 0 bridgehead atoms. The Hall–Kier alpha value is -3.68. The second-order valence-corrected chi connectivity index (χ2v) is 9.70. The number of rotatable bonds is 6. The number of benzene rings is 1. The second kappa shape index (κ2) is 10.4. The molecule has 0 atom stereocenters. The molecule has 3 heterocycles. The van der Waals surface area contributed by atoms with Gasteiger partial charge in [-0.2, -0.15) is 8.78 Å². The molecule has 0 unspecified atom stereocenters. The van der Waals surface area contributed by atoms with Gasteiger partial charge in [0.05, 0.1) is 6.54 Å². The van der Waals surface area contributed by atoms with Gasteiger partial charge in [-0.25, -0.2) is 9.37 Å². The number of pyridine rings is 3. The summed E-state index contributed by atoms with van der Waals surface area (Å²) in [7, 11) is 0. The van der Waals surface area contributed by atoms with E-state index in [0.717, 1.165) is 47.9 Å².